The van der Waals surface area contributed by atoms with Crippen molar-refractivity contribution in [2.45, 2.75) is 70.4 Å². The SMILES string of the molecule is CCCC(O)(CCC)CC(=O)N1CCCC1C(=O)O. The quantitative estimate of drug-likeness (QED) is 0.740. The molecule has 0 bridgehead atoms. The summed E-state index contributed by atoms with van der Waals surface area (Å²) >= 11 is 0. The van der Waals surface area contributed by atoms with Crippen LogP contribution in [0, 0.1) is 0 Å². The highest BCUT2D eigenvalue weighted by Gasteiger charge is 2.37. The molecule has 2 N–H and O–H groups in total. The van der Waals surface area contributed by atoms with Gasteiger partial charge >= 0.3 is 5.97 Å². The molecule has 0 aliphatic carbocycles. The van der Waals surface area contributed by atoms with Gasteiger partial charge in [0.25, 0.3) is 0 Å². The molecule has 1 rings (SSSR count). The Hall–Kier alpha value is -1.10. The molecule has 19 heavy (non-hydrogen) atoms. The summed E-state index contributed by atoms with van der Waals surface area (Å²) in [5, 5.41) is 19.6. The van der Waals surface area contributed by atoms with Gasteiger partial charge in [-0.3, -0.25) is 4.79 Å². The lowest BCUT2D eigenvalue weighted by Crippen LogP contribution is -2.44. The van der Waals surface area contributed by atoms with Crippen molar-refractivity contribution in [2.24, 2.45) is 0 Å². The summed E-state index contributed by atoms with van der Waals surface area (Å²) in [6, 6.07) is -0.708. The number of amides is 1. The van der Waals surface area contributed by atoms with Crippen LogP contribution in [0.25, 0.3) is 0 Å². The molecule has 1 saturated heterocycles. The molecule has 1 heterocycles. The third kappa shape index (κ3) is 4.20. The highest BCUT2D eigenvalue weighted by atomic mass is 16.4. The van der Waals surface area contributed by atoms with Crippen LogP contribution in [0.15, 0.2) is 0 Å². The molecule has 0 aromatic carbocycles. The van der Waals surface area contributed by atoms with Gasteiger partial charge in [-0.15, -0.1) is 0 Å². The van der Waals surface area contributed by atoms with E-state index in [1.54, 1.807) is 0 Å². The number of carbonyl (C=O) groups is 2. The highest BCUT2D eigenvalue weighted by Crippen LogP contribution is 2.27. The fraction of sp³-hybridized carbons (Fsp3) is 0.857. The summed E-state index contributed by atoms with van der Waals surface area (Å²) in [5.41, 5.74) is -0.980. The Morgan fingerprint density at radius 2 is 1.84 bits per heavy atom. The van der Waals surface area contributed by atoms with Gasteiger partial charge in [0.15, 0.2) is 0 Å². The molecule has 5 nitrogen and oxygen atoms in total. The van der Waals surface area contributed by atoms with Crippen molar-refractivity contribution < 1.29 is 19.8 Å². The highest BCUT2D eigenvalue weighted by molar-refractivity contribution is 5.84. The van der Waals surface area contributed by atoms with Crippen LogP contribution in [0.2, 0.25) is 0 Å². The fourth-order valence-corrected chi connectivity index (χ4v) is 2.94. The van der Waals surface area contributed by atoms with E-state index in [4.69, 9.17) is 5.11 Å². The zero-order chi connectivity index (χ0) is 14.5. The normalized spacial score (nSPS) is 19.7. The van der Waals surface area contributed by atoms with Crippen LogP contribution in [-0.2, 0) is 9.59 Å². The van der Waals surface area contributed by atoms with Crippen LogP contribution in [0.1, 0.15) is 58.8 Å². The minimum Gasteiger partial charge on any atom is -0.480 e. The van der Waals surface area contributed by atoms with Gasteiger partial charge in [-0.05, 0) is 25.7 Å². The standard InChI is InChI=1S/C14H25NO4/c1-3-7-14(19,8-4-2)10-12(16)15-9-5-6-11(15)13(17)18/h11,19H,3-10H2,1-2H3,(H,17,18). The first-order valence-electron chi connectivity index (χ1n) is 7.18. The number of rotatable bonds is 7. The number of nitrogens with zero attached hydrogens (tertiary/aromatic N) is 1. The Bertz CT molecular complexity index is 323. The number of carbonyl (C=O) groups excluding carboxylic acids is 1. The van der Waals surface area contributed by atoms with E-state index < -0.39 is 17.6 Å². The number of carboxylic acids is 1. The van der Waals surface area contributed by atoms with Gasteiger partial charge in [0.2, 0.25) is 5.91 Å². The van der Waals surface area contributed by atoms with Crippen LogP contribution >= 0.6 is 0 Å². The van der Waals surface area contributed by atoms with E-state index in [9.17, 15) is 14.7 Å². The molecular formula is C14H25NO4. The summed E-state index contributed by atoms with van der Waals surface area (Å²) in [5.74, 6) is -1.17. The molecule has 0 aromatic rings. The van der Waals surface area contributed by atoms with Crippen LogP contribution < -0.4 is 0 Å². The zero-order valence-corrected chi connectivity index (χ0v) is 11.9. The largest absolute Gasteiger partial charge is 0.480 e. The molecule has 1 amide bonds. The number of carboxylic acid groups (broad SMARTS) is 1. The number of hydrogen-bond acceptors (Lipinski definition) is 3. The summed E-state index contributed by atoms with van der Waals surface area (Å²) in [6.07, 6.45) is 4.07. The van der Waals surface area contributed by atoms with Gasteiger partial charge in [-0.1, -0.05) is 26.7 Å². The van der Waals surface area contributed by atoms with Crippen molar-refractivity contribution in [2.75, 3.05) is 6.54 Å². The molecule has 0 saturated carbocycles. The van der Waals surface area contributed by atoms with Crippen molar-refractivity contribution >= 4 is 11.9 Å². The second-order valence-corrected chi connectivity index (χ2v) is 5.48. The van der Waals surface area contributed by atoms with Crippen molar-refractivity contribution in [3.63, 3.8) is 0 Å². The number of aliphatic carboxylic acids is 1. The lowest BCUT2D eigenvalue weighted by molar-refractivity contribution is -0.150. The molecule has 5 heteroatoms. The minimum absolute atomic E-state index is 0.0401. The van der Waals surface area contributed by atoms with E-state index in [-0.39, 0.29) is 12.3 Å². The van der Waals surface area contributed by atoms with Crippen molar-refractivity contribution in [1.82, 2.24) is 4.90 Å². The van der Waals surface area contributed by atoms with E-state index in [1.165, 1.54) is 4.90 Å². The zero-order valence-electron chi connectivity index (χ0n) is 11.9. The van der Waals surface area contributed by atoms with Gasteiger partial charge in [0.1, 0.15) is 6.04 Å². The Morgan fingerprint density at radius 3 is 2.32 bits per heavy atom. The average molecular weight is 271 g/mol. The number of hydrogen-bond donors (Lipinski definition) is 2. The molecule has 110 valence electrons. The maximum atomic E-state index is 12.2. The van der Waals surface area contributed by atoms with Gasteiger partial charge in [-0.2, -0.15) is 0 Å². The lowest BCUT2D eigenvalue weighted by Gasteiger charge is -2.30. The van der Waals surface area contributed by atoms with Gasteiger partial charge in [0.05, 0.1) is 12.0 Å². The van der Waals surface area contributed by atoms with Gasteiger partial charge in [-0.25, -0.2) is 4.79 Å². The lowest BCUT2D eigenvalue weighted by atomic mass is 9.88. The van der Waals surface area contributed by atoms with Crippen molar-refractivity contribution in [3.8, 4) is 0 Å². The molecule has 1 fully saturated rings. The Labute approximate surface area is 114 Å². The monoisotopic (exact) mass is 271 g/mol. The molecule has 0 radical (unpaired) electrons. The van der Waals surface area contributed by atoms with Crippen LogP contribution in [0.4, 0.5) is 0 Å². The van der Waals surface area contributed by atoms with Gasteiger partial charge in [0, 0.05) is 6.54 Å². The number of aliphatic hydroxyl groups is 1. The third-order valence-electron chi connectivity index (χ3n) is 3.77. The Balaban J connectivity index is 2.68. The molecule has 1 unspecified atom stereocenters. The molecule has 0 aromatic heterocycles. The van der Waals surface area contributed by atoms with Crippen LogP contribution in [0.5, 0.6) is 0 Å². The first kappa shape index (κ1) is 16.0. The summed E-state index contributed by atoms with van der Waals surface area (Å²) < 4.78 is 0. The van der Waals surface area contributed by atoms with E-state index in [1.807, 2.05) is 13.8 Å². The molecule has 1 atom stereocenters. The van der Waals surface area contributed by atoms with E-state index >= 15 is 0 Å². The minimum atomic E-state index is -0.980. The number of likely N-dealkylation sites (tertiary alicyclic amines) is 1. The van der Waals surface area contributed by atoms with E-state index in [0.717, 1.165) is 19.3 Å². The summed E-state index contributed by atoms with van der Waals surface area (Å²) in [4.78, 5) is 24.7. The first-order valence-corrected chi connectivity index (χ1v) is 7.18. The fourth-order valence-electron chi connectivity index (χ4n) is 2.94. The van der Waals surface area contributed by atoms with E-state index in [2.05, 4.69) is 0 Å². The predicted molar refractivity (Wildman–Crippen MR) is 71.8 cm³/mol. The predicted octanol–water partition coefficient (Wildman–Crippen LogP) is 1.78. The van der Waals surface area contributed by atoms with Gasteiger partial charge < -0.3 is 15.1 Å². The van der Waals surface area contributed by atoms with Crippen LogP contribution in [-0.4, -0.2) is 45.2 Å². The Kier molecular flexibility index (Phi) is 5.79. The third-order valence-corrected chi connectivity index (χ3v) is 3.77. The smallest absolute Gasteiger partial charge is 0.326 e. The second-order valence-electron chi connectivity index (χ2n) is 5.48. The molecule has 1 aliphatic rings. The molecule has 0 spiro atoms. The van der Waals surface area contributed by atoms with Crippen molar-refractivity contribution in [1.29, 1.82) is 0 Å². The Morgan fingerprint density at radius 1 is 1.26 bits per heavy atom. The maximum Gasteiger partial charge on any atom is 0.326 e. The van der Waals surface area contributed by atoms with E-state index in [0.29, 0.717) is 25.8 Å². The van der Waals surface area contributed by atoms with Crippen LogP contribution in [0.3, 0.4) is 0 Å². The summed E-state index contributed by atoms with van der Waals surface area (Å²) in [6.45, 7) is 4.44. The molecular weight excluding hydrogens is 246 g/mol. The second kappa shape index (κ2) is 6.89. The maximum absolute atomic E-state index is 12.2. The topological polar surface area (TPSA) is 77.8 Å². The average Bonchev–Trinajstić information content (AvgIpc) is 2.77. The summed E-state index contributed by atoms with van der Waals surface area (Å²) in [7, 11) is 0. The van der Waals surface area contributed by atoms with Crippen molar-refractivity contribution in [3.05, 3.63) is 0 Å². The first-order chi connectivity index (χ1) is 8.93. The molecule has 1 aliphatic heterocycles.